The number of benzene rings is 2. The van der Waals surface area contributed by atoms with E-state index in [1.165, 1.54) is 0 Å². The molecular formula is C26H27N5O4S. The van der Waals surface area contributed by atoms with Crippen LogP contribution in [0.5, 0.6) is 5.75 Å². The number of amides is 1. The van der Waals surface area contributed by atoms with Gasteiger partial charge in [-0.2, -0.15) is 5.10 Å². The highest BCUT2D eigenvalue weighted by Crippen LogP contribution is 2.33. The first-order valence-corrected chi connectivity index (χ1v) is 11.9. The number of aromatic nitrogens is 1. The summed E-state index contributed by atoms with van der Waals surface area (Å²) in [5, 5.41) is 11.6. The Balaban J connectivity index is 1.46. The van der Waals surface area contributed by atoms with Crippen LogP contribution in [0.15, 0.2) is 64.9 Å². The molecule has 0 saturated heterocycles. The number of carbonyl (C=O) groups is 2. The molecule has 0 fully saturated rings. The molecule has 3 aromatic rings. The number of hydrazone groups is 1. The van der Waals surface area contributed by atoms with E-state index in [4.69, 9.17) is 21.7 Å². The van der Waals surface area contributed by atoms with Gasteiger partial charge >= 0.3 is 5.97 Å². The molecule has 0 unspecified atom stereocenters. The maximum absolute atomic E-state index is 12.7. The zero-order valence-corrected chi connectivity index (χ0v) is 21.0. The van der Waals surface area contributed by atoms with Gasteiger partial charge in [0.15, 0.2) is 11.7 Å². The number of ether oxygens (including phenoxy) is 2. The number of nitrogens with one attached hydrogen (secondary N) is 4. The fourth-order valence-electron chi connectivity index (χ4n) is 4.07. The van der Waals surface area contributed by atoms with Crippen LogP contribution in [0.2, 0.25) is 0 Å². The molecule has 2 heterocycles. The molecule has 4 N–H and O–H groups in total. The standard InChI is InChI=1S/C26H27N5O4S/c1-4-34-25(33)23-16(3)29-26(36)30-24(23)18-10-6-8-12-21(18)35-14-22(32)31-27-13-19-15(2)28-20-11-7-5-9-17(19)20/h5-13,24,28H,4,14H2,1-3H3,(H,31,32)(H2,29,30,36)/t24-/m0/s1. The maximum Gasteiger partial charge on any atom is 0.338 e. The van der Waals surface area contributed by atoms with Gasteiger partial charge in [-0.15, -0.1) is 0 Å². The molecular weight excluding hydrogens is 478 g/mol. The number of esters is 1. The van der Waals surface area contributed by atoms with Gasteiger partial charge in [0, 0.05) is 33.4 Å². The van der Waals surface area contributed by atoms with E-state index < -0.39 is 17.9 Å². The van der Waals surface area contributed by atoms with Crippen LogP contribution in [-0.2, 0) is 14.3 Å². The van der Waals surface area contributed by atoms with E-state index in [0.29, 0.717) is 27.7 Å². The fraction of sp³-hybridized carbons (Fsp3) is 0.231. The van der Waals surface area contributed by atoms with Crippen LogP contribution in [0.25, 0.3) is 10.9 Å². The molecule has 36 heavy (non-hydrogen) atoms. The second-order valence-electron chi connectivity index (χ2n) is 8.12. The highest BCUT2D eigenvalue weighted by atomic mass is 32.1. The number of thiocarbonyl (C=S) groups is 1. The SMILES string of the molecule is CCOC(=O)C1=C(C)NC(=S)N[C@H]1c1ccccc1OCC(=O)NN=Cc1c(C)[nH]c2ccccc12. The zero-order valence-electron chi connectivity index (χ0n) is 20.2. The Labute approximate surface area is 213 Å². The molecule has 1 atom stereocenters. The van der Waals surface area contributed by atoms with Gasteiger partial charge in [-0.05, 0) is 45.1 Å². The summed E-state index contributed by atoms with van der Waals surface area (Å²) in [4.78, 5) is 28.4. The normalized spacial score (nSPS) is 15.5. The largest absolute Gasteiger partial charge is 0.483 e. The second kappa shape index (κ2) is 11.0. The first-order valence-electron chi connectivity index (χ1n) is 11.4. The quantitative estimate of drug-likeness (QED) is 0.161. The minimum atomic E-state index is -0.597. The van der Waals surface area contributed by atoms with Crippen molar-refractivity contribution in [3.63, 3.8) is 0 Å². The predicted octanol–water partition coefficient (Wildman–Crippen LogP) is 3.36. The number of H-pyrrole nitrogens is 1. The third-order valence-electron chi connectivity index (χ3n) is 5.68. The average Bonchev–Trinajstić information content (AvgIpc) is 3.17. The van der Waals surface area contributed by atoms with Crippen LogP contribution in [-0.4, -0.2) is 41.4 Å². The molecule has 1 amide bonds. The molecule has 9 nitrogen and oxygen atoms in total. The van der Waals surface area contributed by atoms with E-state index in [9.17, 15) is 9.59 Å². The number of hydrogen-bond donors (Lipinski definition) is 4. The van der Waals surface area contributed by atoms with Crippen molar-refractivity contribution in [2.45, 2.75) is 26.8 Å². The van der Waals surface area contributed by atoms with Gasteiger partial charge in [0.05, 0.1) is 24.4 Å². The molecule has 4 rings (SSSR count). The minimum absolute atomic E-state index is 0.240. The zero-order chi connectivity index (χ0) is 25.7. The molecule has 10 heteroatoms. The summed E-state index contributed by atoms with van der Waals surface area (Å²) in [5.74, 6) is -0.456. The van der Waals surface area contributed by atoms with Crippen molar-refractivity contribution in [1.82, 2.24) is 21.0 Å². The van der Waals surface area contributed by atoms with Gasteiger partial charge in [-0.1, -0.05) is 36.4 Å². The molecule has 186 valence electrons. The van der Waals surface area contributed by atoms with E-state index in [2.05, 4.69) is 26.1 Å². The van der Waals surface area contributed by atoms with Crippen molar-refractivity contribution in [3.05, 3.63) is 76.6 Å². The Kier molecular flexibility index (Phi) is 7.65. The summed E-state index contributed by atoms with van der Waals surface area (Å²) in [6.45, 7) is 5.42. The Morgan fingerprint density at radius 2 is 1.89 bits per heavy atom. The molecule has 0 bridgehead atoms. The first kappa shape index (κ1) is 24.9. The summed E-state index contributed by atoms with van der Waals surface area (Å²) < 4.78 is 11.1. The number of carbonyl (C=O) groups excluding carboxylic acids is 2. The number of para-hydroxylation sites is 2. The van der Waals surface area contributed by atoms with Crippen molar-refractivity contribution in [2.24, 2.45) is 5.10 Å². The van der Waals surface area contributed by atoms with Crippen molar-refractivity contribution >= 4 is 46.3 Å². The summed E-state index contributed by atoms with van der Waals surface area (Å²) in [6, 6.07) is 14.4. The maximum atomic E-state index is 12.7. The van der Waals surface area contributed by atoms with E-state index in [0.717, 1.165) is 22.2 Å². The van der Waals surface area contributed by atoms with Crippen LogP contribution < -0.4 is 20.8 Å². The Morgan fingerprint density at radius 1 is 1.14 bits per heavy atom. The number of fused-ring (bicyclic) bond motifs is 1. The minimum Gasteiger partial charge on any atom is -0.483 e. The van der Waals surface area contributed by atoms with Crippen molar-refractivity contribution in [2.75, 3.05) is 13.2 Å². The average molecular weight is 506 g/mol. The summed E-state index contributed by atoms with van der Waals surface area (Å²) in [6.07, 6.45) is 1.61. The predicted molar refractivity (Wildman–Crippen MR) is 142 cm³/mol. The highest BCUT2D eigenvalue weighted by molar-refractivity contribution is 7.80. The van der Waals surface area contributed by atoms with E-state index >= 15 is 0 Å². The number of allylic oxidation sites excluding steroid dienone is 1. The Morgan fingerprint density at radius 3 is 2.69 bits per heavy atom. The number of hydrogen-bond acceptors (Lipinski definition) is 6. The van der Waals surface area contributed by atoms with Crippen LogP contribution in [0.3, 0.4) is 0 Å². The van der Waals surface area contributed by atoms with Gasteiger partial charge in [0.1, 0.15) is 5.75 Å². The molecule has 1 aromatic heterocycles. The first-order chi connectivity index (χ1) is 17.4. The molecule has 0 saturated carbocycles. The van der Waals surface area contributed by atoms with E-state index in [1.807, 2.05) is 43.3 Å². The Bertz CT molecular complexity index is 1380. The lowest BCUT2D eigenvalue weighted by Crippen LogP contribution is -2.45. The number of rotatable bonds is 8. The highest BCUT2D eigenvalue weighted by Gasteiger charge is 2.32. The van der Waals surface area contributed by atoms with Gasteiger partial charge < -0.3 is 25.1 Å². The van der Waals surface area contributed by atoms with Gasteiger partial charge in [0.2, 0.25) is 0 Å². The third-order valence-corrected chi connectivity index (χ3v) is 5.90. The molecule has 2 aromatic carbocycles. The topological polar surface area (TPSA) is 117 Å². The monoisotopic (exact) mass is 505 g/mol. The number of aromatic amines is 1. The molecule has 1 aliphatic heterocycles. The molecule has 1 aliphatic rings. The van der Waals surface area contributed by atoms with E-state index in [-0.39, 0.29) is 13.2 Å². The second-order valence-corrected chi connectivity index (χ2v) is 8.53. The lowest BCUT2D eigenvalue weighted by Gasteiger charge is -2.30. The van der Waals surface area contributed by atoms with Crippen LogP contribution >= 0.6 is 12.2 Å². The summed E-state index contributed by atoms with van der Waals surface area (Å²) in [5.41, 5.74) is 6.99. The number of nitrogens with zero attached hydrogens (tertiary/aromatic N) is 1. The van der Waals surface area contributed by atoms with Crippen LogP contribution in [0.1, 0.15) is 36.7 Å². The smallest absolute Gasteiger partial charge is 0.338 e. The fourth-order valence-corrected chi connectivity index (χ4v) is 4.34. The summed E-state index contributed by atoms with van der Waals surface area (Å²) in [7, 11) is 0. The van der Waals surface area contributed by atoms with Crippen molar-refractivity contribution in [3.8, 4) is 5.75 Å². The molecule has 0 aliphatic carbocycles. The Hall–Kier alpha value is -4.18. The van der Waals surface area contributed by atoms with Crippen molar-refractivity contribution < 1.29 is 19.1 Å². The van der Waals surface area contributed by atoms with Crippen LogP contribution in [0.4, 0.5) is 0 Å². The lowest BCUT2D eigenvalue weighted by molar-refractivity contribution is -0.139. The van der Waals surface area contributed by atoms with E-state index in [1.54, 1.807) is 32.2 Å². The molecule has 0 radical (unpaired) electrons. The van der Waals surface area contributed by atoms with Gasteiger partial charge in [0.25, 0.3) is 5.91 Å². The van der Waals surface area contributed by atoms with Gasteiger partial charge in [-0.25, -0.2) is 10.2 Å². The summed E-state index contributed by atoms with van der Waals surface area (Å²) >= 11 is 5.30. The number of aryl methyl sites for hydroxylation is 1. The van der Waals surface area contributed by atoms with Crippen molar-refractivity contribution in [1.29, 1.82) is 0 Å². The van der Waals surface area contributed by atoms with Gasteiger partial charge in [-0.3, -0.25) is 4.79 Å². The molecule has 0 spiro atoms. The van der Waals surface area contributed by atoms with Crippen LogP contribution in [0, 0.1) is 6.92 Å². The lowest BCUT2D eigenvalue weighted by atomic mass is 9.95. The third kappa shape index (κ3) is 5.38.